The van der Waals surface area contributed by atoms with Gasteiger partial charge in [0.05, 0.1) is 0 Å². The number of unbranched alkanes of at least 4 members (excludes halogenated alkanes) is 9. The number of hydrogen-bond donors (Lipinski definition) is 0. The molecule has 1 unspecified atom stereocenters. The molecule has 2 aliphatic rings. The number of rotatable bonds is 15. The Morgan fingerprint density at radius 1 is 0.606 bits per heavy atom. The molecule has 1 aromatic carbocycles. The minimum absolute atomic E-state index is 0.817. The lowest BCUT2D eigenvalue weighted by atomic mass is 9.76. The summed E-state index contributed by atoms with van der Waals surface area (Å²) >= 11 is 0. The van der Waals surface area contributed by atoms with E-state index >= 15 is 0 Å². The summed E-state index contributed by atoms with van der Waals surface area (Å²) < 4.78 is 0. The van der Waals surface area contributed by atoms with E-state index in [1.54, 1.807) is 11.1 Å². The maximum absolute atomic E-state index is 2.57. The van der Waals surface area contributed by atoms with Crippen LogP contribution in [0.2, 0.25) is 0 Å². The predicted molar refractivity (Wildman–Crippen MR) is 148 cm³/mol. The Bertz CT molecular complexity index is 643. The standard InChI is InChI=1S/C33H54/c1-3-5-7-9-11-13-15-29-18-22-31(23-19-29)33-26-24-32(25-27-33)30-20-16-28(17-21-30)14-12-10-8-6-4-2/h20,24-29,31H,3-19,21-23H2,1-2H3/t28?,29-,31-. The van der Waals surface area contributed by atoms with E-state index in [0.717, 1.165) is 17.8 Å². The molecule has 3 rings (SSSR count). The lowest BCUT2D eigenvalue weighted by Gasteiger charge is -2.29. The minimum atomic E-state index is 0.817. The van der Waals surface area contributed by atoms with Crippen molar-refractivity contribution < 1.29 is 0 Å². The minimum Gasteiger partial charge on any atom is -0.0804 e. The Morgan fingerprint density at radius 2 is 1.18 bits per heavy atom. The Hall–Kier alpha value is -1.04. The highest BCUT2D eigenvalue weighted by Gasteiger charge is 2.22. The molecule has 0 amide bonds. The Kier molecular flexibility index (Phi) is 12.7. The molecule has 0 saturated heterocycles. The van der Waals surface area contributed by atoms with Crippen LogP contribution in [0.5, 0.6) is 0 Å². The van der Waals surface area contributed by atoms with Crippen LogP contribution >= 0.6 is 0 Å². The summed E-state index contributed by atoms with van der Waals surface area (Å²) in [6, 6.07) is 9.81. The van der Waals surface area contributed by atoms with Crippen molar-refractivity contribution in [2.24, 2.45) is 11.8 Å². The average Bonchev–Trinajstić information content (AvgIpc) is 2.87. The molecule has 2 aliphatic carbocycles. The van der Waals surface area contributed by atoms with Crippen LogP contribution in [0.4, 0.5) is 0 Å². The molecular weight excluding hydrogens is 396 g/mol. The van der Waals surface area contributed by atoms with Gasteiger partial charge in [0.1, 0.15) is 0 Å². The zero-order valence-electron chi connectivity index (χ0n) is 22.3. The molecule has 0 heteroatoms. The highest BCUT2D eigenvalue weighted by atomic mass is 14.3. The van der Waals surface area contributed by atoms with Crippen LogP contribution in [0, 0.1) is 11.8 Å². The third-order valence-corrected chi connectivity index (χ3v) is 8.80. The lowest BCUT2D eigenvalue weighted by molar-refractivity contribution is 0.302. The maximum Gasteiger partial charge on any atom is -0.0162 e. The largest absolute Gasteiger partial charge is 0.0804 e. The molecule has 1 atom stereocenters. The van der Waals surface area contributed by atoms with Crippen LogP contribution < -0.4 is 0 Å². The fraction of sp³-hybridized carbons (Fsp3) is 0.758. The van der Waals surface area contributed by atoms with Gasteiger partial charge in [-0.2, -0.15) is 0 Å². The molecule has 0 bridgehead atoms. The van der Waals surface area contributed by atoms with Crippen molar-refractivity contribution in [2.45, 2.75) is 148 Å². The second-order valence-electron chi connectivity index (χ2n) is 11.5. The van der Waals surface area contributed by atoms with Crippen molar-refractivity contribution >= 4 is 5.57 Å². The van der Waals surface area contributed by atoms with E-state index in [2.05, 4.69) is 44.2 Å². The van der Waals surface area contributed by atoms with Gasteiger partial charge < -0.3 is 0 Å². The fourth-order valence-corrected chi connectivity index (χ4v) is 6.42. The normalized spacial score (nSPS) is 23.5. The van der Waals surface area contributed by atoms with Crippen LogP contribution in [0.1, 0.15) is 159 Å². The van der Waals surface area contributed by atoms with Crippen molar-refractivity contribution in [1.29, 1.82) is 0 Å². The van der Waals surface area contributed by atoms with Gasteiger partial charge in [-0.05, 0) is 79.4 Å². The maximum atomic E-state index is 2.57. The molecule has 0 aliphatic heterocycles. The number of allylic oxidation sites excluding steroid dienone is 2. The monoisotopic (exact) mass is 450 g/mol. The summed E-state index contributed by atoms with van der Waals surface area (Å²) in [7, 11) is 0. The van der Waals surface area contributed by atoms with E-state index in [1.165, 1.54) is 134 Å². The van der Waals surface area contributed by atoms with Crippen molar-refractivity contribution in [3.8, 4) is 0 Å². The number of hydrogen-bond acceptors (Lipinski definition) is 0. The number of benzene rings is 1. The molecule has 1 saturated carbocycles. The van der Waals surface area contributed by atoms with Crippen LogP contribution in [0.25, 0.3) is 5.57 Å². The molecule has 0 spiro atoms. The van der Waals surface area contributed by atoms with E-state index in [1.807, 2.05) is 0 Å². The zero-order valence-corrected chi connectivity index (χ0v) is 22.3. The van der Waals surface area contributed by atoms with Gasteiger partial charge in [-0.15, -0.1) is 0 Å². The van der Waals surface area contributed by atoms with Crippen LogP contribution in [-0.2, 0) is 0 Å². The molecule has 0 nitrogen and oxygen atoms in total. The SMILES string of the molecule is CCCCCCCC[C@H]1CC[C@H](c2ccc(C3=CCC(CCCCCCC)CC3)cc2)CC1. The summed E-state index contributed by atoms with van der Waals surface area (Å²) in [4.78, 5) is 0. The molecule has 1 fully saturated rings. The highest BCUT2D eigenvalue weighted by Crippen LogP contribution is 2.39. The molecule has 0 heterocycles. The van der Waals surface area contributed by atoms with E-state index in [9.17, 15) is 0 Å². The summed E-state index contributed by atoms with van der Waals surface area (Å²) in [5.74, 6) is 2.78. The van der Waals surface area contributed by atoms with Gasteiger partial charge in [-0.3, -0.25) is 0 Å². The lowest BCUT2D eigenvalue weighted by Crippen LogP contribution is -2.13. The summed E-state index contributed by atoms with van der Waals surface area (Å²) in [6.45, 7) is 4.62. The molecule has 186 valence electrons. The molecule has 33 heavy (non-hydrogen) atoms. The Labute approximate surface area is 207 Å². The Balaban J connectivity index is 1.34. The molecular formula is C33H54. The van der Waals surface area contributed by atoms with Crippen LogP contribution in [-0.4, -0.2) is 0 Å². The second-order valence-corrected chi connectivity index (χ2v) is 11.5. The van der Waals surface area contributed by atoms with Crippen molar-refractivity contribution in [3.63, 3.8) is 0 Å². The van der Waals surface area contributed by atoms with E-state index < -0.39 is 0 Å². The first-order valence-electron chi connectivity index (χ1n) is 15.1. The van der Waals surface area contributed by atoms with Crippen molar-refractivity contribution in [2.75, 3.05) is 0 Å². The van der Waals surface area contributed by atoms with Gasteiger partial charge in [0.25, 0.3) is 0 Å². The van der Waals surface area contributed by atoms with Gasteiger partial charge >= 0.3 is 0 Å². The topological polar surface area (TPSA) is 0 Å². The third-order valence-electron chi connectivity index (χ3n) is 8.80. The van der Waals surface area contributed by atoms with E-state index in [0.29, 0.717) is 0 Å². The summed E-state index contributed by atoms with van der Waals surface area (Å²) in [5.41, 5.74) is 4.72. The zero-order chi connectivity index (χ0) is 23.1. The molecule has 0 aromatic heterocycles. The van der Waals surface area contributed by atoms with Crippen LogP contribution in [0.3, 0.4) is 0 Å². The first-order valence-corrected chi connectivity index (χ1v) is 15.1. The smallest absolute Gasteiger partial charge is 0.0162 e. The highest BCUT2D eigenvalue weighted by molar-refractivity contribution is 5.66. The third kappa shape index (κ3) is 9.62. The summed E-state index contributed by atoms with van der Waals surface area (Å²) in [5, 5.41) is 0. The predicted octanol–water partition coefficient (Wildman–Crippen LogP) is 11.3. The quantitative estimate of drug-likeness (QED) is 0.233. The Morgan fingerprint density at radius 3 is 1.76 bits per heavy atom. The second kappa shape index (κ2) is 15.8. The average molecular weight is 451 g/mol. The van der Waals surface area contributed by atoms with Crippen LogP contribution in [0.15, 0.2) is 30.3 Å². The van der Waals surface area contributed by atoms with E-state index in [-0.39, 0.29) is 0 Å². The molecule has 0 N–H and O–H groups in total. The fourth-order valence-electron chi connectivity index (χ4n) is 6.42. The van der Waals surface area contributed by atoms with Gasteiger partial charge in [0, 0.05) is 0 Å². The summed E-state index contributed by atoms with van der Waals surface area (Å²) in [6.07, 6.45) is 31.1. The first-order chi connectivity index (χ1) is 16.3. The molecule has 0 radical (unpaired) electrons. The van der Waals surface area contributed by atoms with Crippen molar-refractivity contribution in [3.05, 3.63) is 41.5 Å². The van der Waals surface area contributed by atoms with Gasteiger partial charge in [0.2, 0.25) is 0 Å². The van der Waals surface area contributed by atoms with Gasteiger partial charge in [-0.1, -0.05) is 128 Å². The van der Waals surface area contributed by atoms with Crippen molar-refractivity contribution in [1.82, 2.24) is 0 Å². The molecule has 1 aromatic rings. The van der Waals surface area contributed by atoms with Gasteiger partial charge in [0.15, 0.2) is 0 Å². The first kappa shape index (κ1) is 26.6. The van der Waals surface area contributed by atoms with E-state index in [4.69, 9.17) is 0 Å². The van der Waals surface area contributed by atoms with Gasteiger partial charge in [-0.25, -0.2) is 0 Å².